The van der Waals surface area contributed by atoms with Gasteiger partial charge in [-0.15, -0.1) is 10.2 Å². The van der Waals surface area contributed by atoms with Gasteiger partial charge in [0.05, 0.1) is 16.7 Å². The van der Waals surface area contributed by atoms with Crippen molar-refractivity contribution in [1.82, 2.24) is 34.7 Å². The van der Waals surface area contributed by atoms with Gasteiger partial charge in [-0.05, 0) is 42.5 Å². The molecule has 4 aromatic rings. The minimum absolute atomic E-state index is 0.0246. The molecule has 1 aromatic carbocycles. The van der Waals surface area contributed by atoms with Crippen LogP contribution in [0, 0.1) is 5.95 Å². The average Bonchev–Trinajstić information content (AvgIpc) is 3.53. The summed E-state index contributed by atoms with van der Waals surface area (Å²) in [4.78, 5) is 41.2. The van der Waals surface area contributed by atoms with Crippen molar-refractivity contribution in [3.8, 4) is 0 Å². The quantitative estimate of drug-likeness (QED) is 0.405. The second kappa shape index (κ2) is 8.59. The largest absolute Gasteiger partial charge is 0.341 e. The summed E-state index contributed by atoms with van der Waals surface area (Å²) in [6.45, 7) is 1.94. The summed E-state index contributed by atoms with van der Waals surface area (Å²) in [5.41, 5.74) is 2.57. The molecule has 11 heteroatoms. The summed E-state index contributed by atoms with van der Waals surface area (Å²) < 4.78 is 18.6. The first-order valence-corrected chi connectivity index (χ1v) is 12.7. The van der Waals surface area contributed by atoms with Crippen molar-refractivity contribution < 1.29 is 18.8 Å². The summed E-state index contributed by atoms with van der Waals surface area (Å²) in [5, 5.41) is 14.5. The molecular formula is C27H24FN7O3. The van der Waals surface area contributed by atoms with Gasteiger partial charge in [0, 0.05) is 43.8 Å². The summed E-state index contributed by atoms with van der Waals surface area (Å²) in [5.74, 6) is -1.46. The molecule has 1 saturated heterocycles. The van der Waals surface area contributed by atoms with Crippen LogP contribution in [0.25, 0.3) is 27.7 Å². The fourth-order valence-corrected chi connectivity index (χ4v) is 5.88. The summed E-state index contributed by atoms with van der Waals surface area (Å²) in [7, 11) is 0. The maximum Gasteiger partial charge on any atom is 0.262 e. The first-order chi connectivity index (χ1) is 18.5. The maximum atomic E-state index is 15.5. The van der Waals surface area contributed by atoms with Crippen LogP contribution in [0.15, 0.2) is 42.6 Å². The van der Waals surface area contributed by atoms with Crippen molar-refractivity contribution in [3.63, 3.8) is 0 Å². The molecule has 0 radical (unpaired) electrons. The number of nitrogens with one attached hydrogen (secondary N) is 2. The third-order valence-corrected chi connectivity index (χ3v) is 7.70. The maximum absolute atomic E-state index is 15.5. The van der Waals surface area contributed by atoms with Crippen LogP contribution in [0.2, 0.25) is 0 Å². The molecule has 0 saturated carbocycles. The number of imide groups is 1. The molecule has 3 aliphatic heterocycles. The number of likely N-dealkylation sites (tertiary alicyclic amines) is 1. The molecule has 0 aliphatic carbocycles. The van der Waals surface area contributed by atoms with Crippen LogP contribution in [0.3, 0.4) is 0 Å². The Morgan fingerprint density at radius 1 is 1.00 bits per heavy atom. The predicted octanol–water partition coefficient (Wildman–Crippen LogP) is 1.87. The zero-order valence-electron chi connectivity index (χ0n) is 20.4. The van der Waals surface area contributed by atoms with Crippen molar-refractivity contribution in [3.05, 3.63) is 65.5 Å². The minimum atomic E-state index is -0.585. The standard InChI is InChI=1S/C27H24FN7O3/c28-19-12-17-16(21-22(26(37)30-25(21)36)24-32-31-20-6-2-5-11-34(20)24)8-7-15-13-29-18(14-35(19)23(15)17)27(38)33-9-3-1-4-10-33/h2,5-8,11-12,18,29H,1,3-4,9-10,13-14H2,(H,30,36,37). The van der Waals surface area contributed by atoms with Gasteiger partial charge < -0.3 is 14.8 Å². The lowest BCUT2D eigenvalue weighted by Crippen LogP contribution is -2.49. The number of rotatable bonds is 3. The number of hydrogen-bond donors (Lipinski definition) is 2. The third-order valence-electron chi connectivity index (χ3n) is 7.70. The van der Waals surface area contributed by atoms with Gasteiger partial charge in [0.25, 0.3) is 11.8 Å². The summed E-state index contributed by atoms with van der Waals surface area (Å²) in [6.07, 6.45) is 4.78. The molecule has 7 rings (SSSR count). The van der Waals surface area contributed by atoms with Gasteiger partial charge in [-0.3, -0.25) is 24.1 Å². The normalized spacial score (nSPS) is 19.9. The molecule has 0 spiro atoms. The fraction of sp³-hybridized carbons (Fsp3) is 0.296. The van der Waals surface area contributed by atoms with E-state index in [9.17, 15) is 14.4 Å². The number of amides is 3. The number of piperidine rings is 1. The van der Waals surface area contributed by atoms with Gasteiger partial charge in [-0.25, -0.2) is 0 Å². The Bertz CT molecular complexity index is 1700. The molecule has 1 atom stereocenters. The van der Waals surface area contributed by atoms with Crippen molar-refractivity contribution >= 4 is 45.4 Å². The molecule has 0 bridgehead atoms. The molecule has 10 nitrogen and oxygen atoms in total. The van der Waals surface area contributed by atoms with Crippen LogP contribution >= 0.6 is 0 Å². The zero-order chi connectivity index (χ0) is 26.0. The van der Waals surface area contributed by atoms with Crippen molar-refractivity contribution in [2.24, 2.45) is 0 Å². The molecular weight excluding hydrogens is 489 g/mol. The molecule has 38 heavy (non-hydrogen) atoms. The SMILES string of the molecule is O=C1NC(=O)C(c2nnc3ccccn23)=C1c1ccc2c3c1cc(F)n3CC(C(=O)N1CCCCC1)NC2. The minimum Gasteiger partial charge on any atom is -0.341 e. The molecule has 1 fully saturated rings. The van der Waals surface area contributed by atoms with E-state index in [4.69, 9.17) is 0 Å². The van der Waals surface area contributed by atoms with Crippen LogP contribution in [0.1, 0.15) is 36.2 Å². The van der Waals surface area contributed by atoms with Crippen LogP contribution in [-0.4, -0.2) is 60.9 Å². The Balaban J connectivity index is 1.37. The molecule has 192 valence electrons. The molecule has 1 unspecified atom stereocenters. The number of carbonyl (C=O) groups is 3. The number of halogens is 1. The van der Waals surface area contributed by atoms with Crippen molar-refractivity contribution in [1.29, 1.82) is 0 Å². The van der Waals surface area contributed by atoms with Crippen LogP contribution in [0.5, 0.6) is 0 Å². The van der Waals surface area contributed by atoms with E-state index in [1.54, 1.807) is 34.9 Å². The molecule has 6 heterocycles. The van der Waals surface area contributed by atoms with Gasteiger partial charge >= 0.3 is 0 Å². The smallest absolute Gasteiger partial charge is 0.262 e. The van der Waals surface area contributed by atoms with E-state index >= 15 is 4.39 Å². The fourth-order valence-electron chi connectivity index (χ4n) is 5.88. The number of benzene rings is 1. The highest BCUT2D eigenvalue weighted by molar-refractivity contribution is 6.49. The van der Waals surface area contributed by atoms with Crippen molar-refractivity contribution in [2.75, 3.05) is 13.1 Å². The zero-order valence-corrected chi connectivity index (χ0v) is 20.4. The van der Waals surface area contributed by atoms with Gasteiger partial charge in [0.15, 0.2) is 17.4 Å². The Hall–Kier alpha value is -4.38. The third kappa shape index (κ3) is 3.38. The van der Waals surface area contributed by atoms with Crippen LogP contribution < -0.4 is 10.6 Å². The van der Waals surface area contributed by atoms with Gasteiger partial charge in [-0.2, -0.15) is 4.39 Å². The number of pyridine rings is 1. The molecule has 3 aromatic heterocycles. The van der Waals surface area contributed by atoms with E-state index in [0.717, 1.165) is 37.9 Å². The Labute approximate surface area is 216 Å². The summed E-state index contributed by atoms with van der Waals surface area (Å²) in [6, 6.07) is 9.69. The monoisotopic (exact) mass is 513 g/mol. The molecule has 3 amide bonds. The molecule has 3 aliphatic rings. The van der Waals surface area contributed by atoms with E-state index in [-0.39, 0.29) is 29.4 Å². The van der Waals surface area contributed by atoms with Crippen molar-refractivity contribution in [2.45, 2.75) is 38.4 Å². The molecule has 2 N–H and O–H groups in total. The lowest BCUT2D eigenvalue weighted by molar-refractivity contribution is -0.134. The highest BCUT2D eigenvalue weighted by Crippen LogP contribution is 2.37. The highest BCUT2D eigenvalue weighted by Gasteiger charge is 2.37. The van der Waals surface area contributed by atoms with E-state index < -0.39 is 23.8 Å². The lowest BCUT2D eigenvalue weighted by Gasteiger charge is -2.30. The Morgan fingerprint density at radius 3 is 2.66 bits per heavy atom. The predicted molar refractivity (Wildman–Crippen MR) is 136 cm³/mol. The first kappa shape index (κ1) is 22.8. The van der Waals surface area contributed by atoms with Crippen LogP contribution in [0.4, 0.5) is 4.39 Å². The number of fused-ring (bicyclic) bond motifs is 1. The number of carbonyl (C=O) groups excluding carboxylic acids is 3. The number of aromatic nitrogens is 4. The highest BCUT2D eigenvalue weighted by atomic mass is 19.1. The first-order valence-electron chi connectivity index (χ1n) is 12.7. The second-order valence-electron chi connectivity index (χ2n) is 9.92. The lowest BCUT2D eigenvalue weighted by atomic mass is 9.95. The number of hydrogen-bond acceptors (Lipinski definition) is 6. The van der Waals surface area contributed by atoms with Gasteiger partial charge in [0.2, 0.25) is 5.91 Å². The van der Waals surface area contributed by atoms with E-state index in [1.165, 1.54) is 10.6 Å². The van der Waals surface area contributed by atoms with E-state index in [0.29, 0.717) is 28.7 Å². The summed E-state index contributed by atoms with van der Waals surface area (Å²) >= 11 is 0. The van der Waals surface area contributed by atoms with E-state index in [1.807, 2.05) is 11.0 Å². The van der Waals surface area contributed by atoms with Gasteiger partial charge in [-0.1, -0.05) is 18.2 Å². The van der Waals surface area contributed by atoms with Crippen LogP contribution in [-0.2, 0) is 27.5 Å². The van der Waals surface area contributed by atoms with E-state index in [2.05, 4.69) is 20.8 Å². The average molecular weight is 514 g/mol. The van der Waals surface area contributed by atoms with Gasteiger partial charge in [0.1, 0.15) is 6.04 Å². The second-order valence-corrected chi connectivity index (χ2v) is 9.92. The number of nitrogens with zero attached hydrogens (tertiary/aromatic N) is 5. The Morgan fingerprint density at radius 2 is 1.82 bits per heavy atom. The topological polar surface area (TPSA) is 114 Å². The Kier molecular flexibility index (Phi) is 5.15.